The predicted molar refractivity (Wildman–Crippen MR) is 155 cm³/mol. The number of carbonyl (C=O) groups excluding carboxylic acids is 2. The number of ketones is 1. The van der Waals surface area contributed by atoms with Crippen LogP contribution in [0.25, 0.3) is 11.1 Å². The molecule has 1 aliphatic rings. The number of sulfone groups is 1. The van der Waals surface area contributed by atoms with Gasteiger partial charge in [0.25, 0.3) is 5.89 Å². The average Bonchev–Trinajstić information content (AvgIpc) is 3.42. The van der Waals surface area contributed by atoms with Crippen LogP contribution in [0, 0.1) is 0 Å². The first-order valence-corrected chi connectivity index (χ1v) is 15.9. The zero-order valence-electron chi connectivity index (χ0n) is 23.5. The van der Waals surface area contributed by atoms with Crippen LogP contribution < -0.4 is 5.32 Å². The number of para-hydroxylation sites is 2. The monoisotopic (exact) mass is 585 g/mol. The molecule has 0 bridgehead atoms. The zero-order chi connectivity index (χ0) is 29.1. The average molecular weight is 586 g/mol. The Kier molecular flexibility index (Phi) is 11.4. The van der Waals surface area contributed by atoms with E-state index in [1.54, 1.807) is 43.5 Å². The predicted octanol–water partition coefficient (Wildman–Crippen LogP) is 3.41. The molecule has 11 heteroatoms. The summed E-state index contributed by atoms with van der Waals surface area (Å²) in [6.45, 7) is 2.25. The third kappa shape index (κ3) is 9.19. The lowest BCUT2D eigenvalue weighted by atomic mass is 10.0. The number of rotatable bonds is 16. The van der Waals surface area contributed by atoms with Gasteiger partial charge in [-0.2, -0.15) is 0 Å². The number of nitrogens with one attached hydrogen (secondary N) is 1. The highest BCUT2D eigenvalue weighted by molar-refractivity contribution is 7.90. The van der Waals surface area contributed by atoms with Crippen molar-refractivity contribution in [2.24, 2.45) is 0 Å². The molecule has 0 saturated carbocycles. The zero-order valence-corrected chi connectivity index (χ0v) is 24.3. The molecule has 1 N–H and O–H groups in total. The first-order chi connectivity index (χ1) is 19.9. The van der Waals surface area contributed by atoms with Crippen molar-refractivity contribution in [3.05, 3.63) is 66.1 Å². The molecule has 3 aromatic rings. The lowest BCUT2D eigenvalue weighted by Crippen LogP contribution is -2.56. The number of aromatic nitrogens is 1. The number of carbonyl (C=O) groups is 2. The van der Waals surface area contributed by atoms with E-state index in [1.807, 2.05) is 23.1 Å². The molecule has 1 aliphatic heterocycles. The number of nitrogens with zero attached hydrogens (tertiary/aromatic N) is 2. The molecular weight excluding hydrogens is 546 g/mol. The molecule has 10 nitrogen and oxygen atoms in total. The van der Waals surface area contributed by atoms with Gasteiger partial charge >= 0.3 is 0 Å². The van der Waals surface area contributed by atoms with Gasteiger partial charge in [-0.25, -0.2) is 13.4 Å². The third-order valence-corrected chi connectivity index (χ3v) is 8.82. The quantitative estimate of drug-likeness (QED) is 0.199. The van der Waals surface area contributed by atoms with Crippen LogP contribution in [-0.4, -0.2) is 87.8 Å². The van der Waals surface area contributed by atoms with Crippen molar-refractivity contribution in [1.29, 1.82) is 0 Å². The van der Waals surface area contributed by atoms with E-state index in [4.69, 9.17) is 13.9 Å². The van der Waals surface area contributed by atoms with Crippen LogP contribution in [0.5, 0.6) is 0 Å². The Bertz CT molecular complexity index is 1340. The van der Waals surface area contributed by atoms with E-state index in [9.17, 15) is 18.0 Å². The third-order valence-electron chi connectivity index (χ3n) is 7.22. The molecule has 1 fully saturated rings. The van der Waals surface area contributed by atoms with E-state index in [1.165, 1.54) is 0 Å². The van der Waals surface area contributed by atoms with E-state index >= 15 is 0 Å². The fourth-order valence-electron chi connectivity index (χ4n) is 5.09. The Morgan fingerprint density at radius 2 is 1.80 bits per heavy atom. The molecule has 0 radical (unpaired) electrons. The number of amides is 1. The molecule has 0 unspecified atom stereocenters. The molecule has 1 saturated heterocycles. The number of methoxy groups -OCH3 is 1. The number of benzene rings is 2. The Labute approximate surface area is 241 Å². The van der Waals surface area contributed by atoms with Gasteiger partial charge < -0.3 is 19.2 Å². The first kappa shape index (κ1) is 30.8. The van der Waals surface area contributed by atoms with E-state index in [2.05, 4.69) is 10.3 Å². The summed E-state index contributed by atoms with van der Waals surface area (Å²) >= 11 is 0. The van der Waals surface area contributed by atoms with Crippen LogP contribution in [0.15, 0.2) is 59.0 Å². The molecule has 0 aliphatic carbocycles. The Hall–Kier alpha value is -3.12. The summed E-state index contributed by atoms with van der Waals surface area (Å²) in [6, 6.07) is 15.3. The lowest BCUT2D eigenvalue weighted by molar-refractivity contribution is -0.127. The van der Waals surface area contributed by atoms with Gasteiger partial charge in [-0.05, 0) is 43.4 Å². The molecule has 1 amide bonds. The minimum atomic E-state index is -3.61. The highest BCUT2D eigenvalue weighted by Crippen LogP contribution is 2.20. The molecule has 1 atom stereocenters. The Morgan fingerprint density at radius 1 is 1.07 bits per heavy atom. The van der Waals surface area contributed by atoms with Crippen molar-refractivity contribution in [2.75, 3.05) is 45.8 Å². The number of hydrogen-bond donors (Lipinski definition) is 1. The lowest BCUT2D eigenvalue weighted by Gasteiger charge is -2.39. The summed E-state index contributed by atoms with van der Waals surface area (Å²) in [4.78, 5) is 32.3. The van der Waals surface area contributed by atoms with Crippen LogP contribution in [0.4, 0.5) is 0 Å². The number of fused-ring (bicyclic) bond motifs is 1. The molecule has 41 heavy (non-hydrogen) atoms. The molecule has 0 spiro atoms. The molecular formula is C30H39N3O7S. The van der Waals surface area contributed by atoms with E-state index in [-0.39, 0.29) is 41.5 Å². The van der Waals surface area contributed by atoms with E-state index in [0.29, 0.717) is 75.3 Å². The van der Waals surface area contributed by atoms with Crippen LogP contribution in [0.2, 0.25) is 0 Å². The fourth-order valence-corrected chi connectivity index (χ4v) is 6.74. The maximum Gasteiger partial charge on any atom is 0.264 e. The van der Waals surface area contributed by atoms with Crippen molar-refractivity contribution in [1.82, 2.24) is 15.2 Å². The van der Waals surface area contributed by atoms with Gasteiger partial charge in [0.15, 0.2) is 15.4 Å². The standard InChI is InChI=1S/C30H39N3O7S/c1-38-20-17-33(24-14-18-39-19-15-24)26(22-41(36,37)21-23-9-3-2-4-10-23)29(35)31-16-8-7-12-27(34)30-32-25-11-5-6-13-28(25)40-30/h2-6,9-11,13,24,26H,7-8,12,14-22H2,1H3,(H,31,35)/t26-/m0/s1. The summed E-state index contributed by atoms with van der Waals surface area (Å²) in [5.74, 6) is -0.881. The summed E-state index contributed by atoms with van der Waals surface area (Å²) in [6.07, 6.45) is 2.74. The van der Waals surface area contributed by atoms with Crippen molar-refractivity contribution in [2.45, 2.75) is 49.9 Å². The second-order valence-corrected chi connectivity index (χ2v) is 12.4. The highest BCUT2D eigenvalue weighted by atomic mass is 32.2. The van der Waals surface area contributed by atoms with Crippen molar-refractivity contribution < 1.29 is 31.9 Å². The van der Waals surface area contributed by atoms with Crippen LogP contribution in [-0.2, 0) is 29.9 Å². The maximum absolute atomic E-state index is 13.6. The minimum absolute atomic E-state index is 0.00973. The van der Waals surface area contributed by atoms with E-state index in [0.717, 1.165) is 0 Å². The van der Waals surface area contributed by atoms with E-state index < -0.39 is 15.9 Å². The van der Waals surface area contributed by atoms with Gasteiger partial charge in [-0.1, -0.05) is 42.5 Å². The van der Waals surface area contributed by atoms with Crippen LogP contribution in [0.1, 0.15) is 48.4 Å². The molecule has 2 aromatic carbocycles. The van der Waals surface area contributed by atoms with Gasteiger partial charge in [-0.15, -0.1) is 0 Å². The van der Waals surface area contributed by atoms with Gasteiger partial charge in [0.1, 0.15) is 11.6 Å². The molecule has 2 heterocycles. The normalized spacial score (nSPS) is 15.3. The van der Waals surface area contributed by atoms with Crippen molar-refractivity contribution in [3.8, 4) is 0 Å². The minimum Gasteiger partial charge on any atom is -0.434 e. The van der Waals surface area contributed by atoms with Crippen molar-refractivity contribution >= 4 is 32.6 Å². The maximum atomic E-state index is 13.6. The van der Waals surface area contributed by atoms with Crippen LogP contribution in [0.3, 0.4) is 0 Å². The van der Waals surface area contributed by atoms with Crippen molar-refractivity contribution in [3.63, 3.8) is 0 Å². The summed E-state index contributed by atoms with van der Waals surface area (Å²) in [7, 11) is -2.02. The fraction of sp³-hybridized carbons (Fsp3) is 0.500. The highest BCUT2D eigenvalue weighted by Gasteiger charge is 2.35. The Balaban J connectivity index is 1.37. The second-order valence-electron chi connectivity index (χ2n) is 10.3. The molecule has 4 rings (SSSR count). The second kappa shape index (κ2) is 15.2. The molecule has 1 aromatic heterocycles. The Morgan fingerprint density at radius 3 is 2.54 bits per heavy atom. The van der Waals surface area contributed by atoms with Gasteiger partial charge in [0.2, 0.25) is 11.7 Å². The largest absolute Gasteiger partial charge is 0.434 e. The van der Waals surface area contributed by atoms with Gasteiger partial charge in [0.05, 0.1) is 18.1 Å². The summed E-state index contributed by atoms with van der Waals surface area (Å²) < 4.78 is 43.0. The van der Waals surface area contributed by atoms with Gasteiger partial charge in [-0.3, -0.25) is 14.5 Å². The topological polar surface area (TPSA) is 128 Å². The number of Topliss-reactive ketones (excluding diaryl/α,β-unsaturated/α-hetero) is 1. The number of hydrogen-bond acceptors (Lipinski definition) is 9. The number of ether oxygens (including phenoxy) is 2. The van der Waals surface area contributed by atoms with Gasteiger partial charge in [0, 0.05) is 45.9 Å². The molecule has 222 valence electrons. The SMILES string of the molecule is COCCN(C1CCOCC1)[C@@H](CS(=O)(=O)Cc1ccccc1)C(=O)NCCCCC(=O)c1nc2ccccc2o1. The first-order valence-electron chi connectivity index (χ1n) is 14.1. The number of unbranched alkanes of at least 4 members (excludes halogenated alkanes) is 1. The smallest absolute Gasteiger partial charge is 0.264 e. The van der Waals surface area contributed by atoms with Crippen LogP contribution >= 0.6 is 0 Å². The summed E-state index contributed by atoms with van der Waals surface area (Å²) in [5.41, 5.74) is 1.89. The summed E-state index contributed by atoms with van der Waals surface area (Å²) in [5, 5.41) is 2.93. The number of oxazole rings is 1.